The molecule has 0 amide bonds. The van der Waals surface area contributed by atoms with E-state index >= 15 is 0 Å². The number of thiophene rings is 1. The Bertz CT molecular complexity index is 998. The van der Waals surface area contributed by atoms with Crippen LogP contribution in [0.25, 0.3) is 0 Å². The number of hydrogen-bond acceptors (Lipinski definition) is 7. The molecule has 0 bridgehead atoms. The van der Waals surface area contributed by atoms with Gasteiger partial charge in [-0.2, -0.15) is 4.31 Å². The van der Waals surface area contributed by atoms with Crippen LogP contribution in [0.1, 0.15) is 10.9 Å². The lowest BCUT2D eigenvalue weighted by molar-refractivity contribution is 0.0730. The van der Waals surface area contributed by atoms with Crippen LogP contribution in [-0.4, -0.2) is 73.0 Å². The number of ether oxygens (including phenoxy) is 1. The summed E-state index contributed by atoms with van der Waals surface area (Å²) in [5.74, 6) is 0. The molecule has 160 valence electrons. The normalized spacial score (nSPS) is 17.5. The highest BCUT2D eigenvalue weighted by Crippen LogP contribution is 2.24. The van der Waals surface area contributed by atoms with E-state index in [1.165, 1.54) is 28.6 Å². The van der Waals surface area contributed by atoms with Crippen molar-refractivity contribution in [3.63, 3.8) is 0 Å². The molecule has 2 aromatic rings. The third-order valence-electron chi connectivity index (χ3n) is 4.70. The topological polar surface area (TPSA) is 96.0 Å². The maximum Gasteiger partial charge on any atom is 0.243 e. The van der Waals surface area contributed by atoms with Gasteiger partial charge >= 0.3 is 0 Å². The molecule has 11 heteroatoms. The molecule has 1 aromatic heterocycles. The van der Waals surface area contributed by atoms with Crippen LogP contribution in [0.4, 0.5) is 0 Å². The molecule has 0 spiro atoms. The quantitative estimate of drug-likeness (QED) is 0.640. The Kier molecular flexibility index (Phi) is 7.10. The summed E-state index contributed by atoms with van der Waals surface area (Å²) in [6.45, 7) is 1.50. The van der Waals surface area contributed by atoms with Crippen LogP contribution >= 0.6 is 11.3 Å². The molecule has 0 aliphatic carbocycles. The van der Waals surface area contributed by atoms with Gasteiger partial charge < -0.3 is 9.64 Å². The number of rotatable bonds is 8. The highest BCUT2D eigenvalue weighted by Gasteiger charge is 2.27. The smallest absolute Gasteiger partial charge is 0.243 e. The van der Waals surface area contributed by atoms with E-state index in [9.17, 15) is 16.8 Å². The van der Waals surface area contributed by atoms with Crippen molar-refractivity contribution in [2.75, 3.05) is 46.9 Å². The van der Waals surface area contributed by atoms with Gasteiger partial charge in [0.15, 0.2) is 0 Å². The van der Waals surface area contributed by atoms with Crippen molar-refractivity contribution in [2.24, 2.45) is 0 Å². The van der Waals surface area contributed by atoms with E-state index in [0.717, 1.165) is 4.88 Å². The van der Waals surface area contributed by atoms with Crippen LogP contribution in [0.2, 0.25) is 0 Å². The Morgan fingerprint density at radius 1 is 1.07 bits per heavy atom. The first-order valence-electron chi connectivity index (χ1n) is 9.09. The molecule has 3 rings (SSSR count). The molecule has 29 heavy (non-hydrogen) atoms. The van der Waals surface area contributed by atoms with Gasteiger partial charge in [-0.15, -0.1) is 11.3 Å². The van der Waals surface area contributed by atoms with Crippen molar-refractivity contribution in [3.8, 4) is 0 Å². The zero-order valence-electron chi connectivity index (χ0n) is 16.3. The molecule has 8 nitrogen and oxygen atoms in total. The van der Waals surface area contributed by atoms with E-state index in [0.29, 0.717) is 26.3 Å². The summed E-state index contributed by atoms with van der Waals surface area (Å²) in [5.41, 5.74) is 0. The molecule has 1 aromatic carbocycles. The highest BCUT2D eigenvalue weighted by molar-refractivity contribution is 7.89. The van der Waals surface area contributed by atoms with Gasteiger partial charge in [0.2, 0.25) is 20.0 Å². The molecule has 1 fully saturated rings. The van der Waals surface area contributed by atoms with Crippen LogP contribution in [0.5, 0.6) is 0 Å². The Hall–Kier alpha value is -1.34. The number of benzene rings is 1. The number of nitrogens with one attached hydrogen (secondary N) is 1. The van der Waals surface area contributed by atoms with E-state index in [4.69, 9.17) is 4.74 Å². The third-order valence-corrected chi connectivity index (χ3v) is 9.03. The first kappa shape index (κ1) is 22.3. The Morgan fingerprint density at radius 2 is 1.69 bits per heavy atom. The summed E-state index contributed by atoms with van der Waals surface area (Å²) in [5, 5.41) is 1.95. The fourth-order valence-electron chi connectivity index (χ4n) is 3.02. The lowest BCUT2D eigenvalue weighted by Gasteiger charge is -2.26. The molecule has 1 N–H and O–H groups in total. The summed E-state index contributed by atoms with van der Waals surface area (Å²) >= 11 is 1.57. The molecule has 0 radical (unpaired) electrons. The molecular formula is C18H25N3O5S3. The summed E-state index contributed by atoms with van der Waals surface area (Å²) in [6, 6.07) is 9.12. The molecule has 2 heterocycles. The fourth-order valence-corrected chi connectivity index (χ4v) is 6.39. The van der Waals surface area contributed by atoms with E-state index in [-0.39, 0.29) is 22.4 Å². The summed E-state index contributed by atoms with van der Waals surface area (Å²) in [4.78, 5) is 3.11. The van der Waals surface area contributed by atoms with Crippen molar-refractivity contribution >= 4 is 31.4 Å². The zero-order valence-corrected chi connectivity index (χ0v) is 18.8. The van der Waals surface area contributed by atoms with E-state index < -0.39 is 20.0 Å². The van der Waals surface area contributed by atoms with Crippen LogP contribution in [0.15, 0.2) is 51.6 Å². The van der Waals surface area contributed by atoms with Gasteiger partial charge in [0, 0.05) is 24.5 Å². The SMILES string of the molecule is CN(C)C(CNS(=O)(=O)c1ccc(S(=O)(=O)N2CCOCC2)cc1)c1cccs1. The van der Waals surface area contributed by atoms with Crippen molar-refractivity contribution in [3.05, 3.63) is 46.7 Å². The largest absolute Gasteiger partial charge is 0.379 e. The van der Waals surface area contributed by atoms with Crippen molar-refractivity contribution < 1.29 is 21.6 Å². The molecule has 1 unspecified atom stereocenters. The first-order chi connectivity index (χ1) is 13.7. The lowest BCUT2D eigenvalue weighted by Crippen LogP contribution is -2.40. The van der Waals surface area contributed by atoms with Gasteiger partial charge in [-0.3, -0.25) is 0 Å². The van der Waals surface area contributed by atoms with Gasteiger partial charge in [0.1, 0.15) is 0 Å². The van der Waals surface area contributed by atoms with E-state index in [1.807, 2.05) is 36.5 Å². The molecule has 1 atom stereocenters. The predicted octanol–water partition coefficient (Wildman–Crippen LogP) is 1.35. The first-order valence-corrected chi connectivity index (χ1v) is 12.9. The van der Waals surface area contributed by atoms with Crippen molar-refractivity contribution in [2.45, 2.75) is 15.8 Å². The van der Waals surface area contributed by atoms with Crippen molar-refractivity contribution in [1.82, 2.24) is 13.9 Å². The minimum absolute atomic E-state index is 0.0297. The number of hydrogen-bond donors (Lipinski definition) is 1. The Labute approximate surface area is 176 Å². The Morgan fingerprint density at radius 3 is 2.24 bits per heavy atom. The molecule has 1 aliphatic heterocycles. The number of nitrogens with zero attached hydrogens (tertiary/aromatic N) is 2. The van der Waals surface area contributed by atoms with Gasteiger partial charge in [-0.25, -0.2) is 21.6 Å². The number of likely N-dealkylation sites (N-methyl/N-ethyl adjacent to an activating group) is 1. The lowest BCUT2D eigenvalue weighted by atomic mass is 10.2. The average molecular weight is 460 g/mol. The third kappa shape index (κ3) is 5.23. The summed E-state index contributed by atoms with van der Waals surface area (Å²) < 4.78 is 59.9. The van der Waals surface area contributed by atoms with E-state index in [1.54, 1.807) is 11.3 Å². The second-order valence-corrected chi connectivity index (χ2v) is 11.5. The van der Waals surface area contributed by atoms with Gasteiger partial charge in [-0.1, -0.05) is 6.07 Å². The monoisotopic (exact) mass is 459 g/mol. The van der Waals surface area contributed by atoms with E-state index in [2.05, 4.69) is 4.72 Å². The highest BCUT2D eigenvalue weighted by atomic mass is 32.2. The number of sulfonamides is 2. The molecule has 1 aliphatic rings. The maximum atomic E-state index is 12.7. The van der Waals surface area contributed by atoms with Crippen LogP contribution < -0.4 is 4.72 Å². The Balaban J connectivity index is 1.72. The van der Waals surface area contributed by atoms with Crippen LogP contribution in [0, 0.1) is 0 Å². The van der Waals surface area contributed by atoms with Crippen LogP contribution in [-0.2, 0) is 24.8 Å². The summed E-state index contributed by atoms with van der Waals surface area (Å²) in [6.07, 6.45) is 0. The molecular weight excluding hydrogens is 434 g/mol. The van der Waals surface area contributed by atoms with Crippen LogP contribution in [0.3, 0.4) is 0 Å². The van der Waals surface area contributed by atoms with Gasteiger partial charge in [0.05, 0.1) is 29.0 Å². The minimum Gasteiger partial charge on any atom is -0.379 e. The molecule has 0 saturated carbocycles. The second-order valence-electron chi connectivity index (χ2n) is 6.83. The average Bonchev–Trinajstić information content (AvgIpc) is 3.23. The standard InChI is InChI=1S/C18H25N3O5S3/c1-20(2)17(18-4-3-13-27-18)14-19-28(22,23)15-5-7-16(8-6-15)29(24,25)21-9-11-26-12-10-21/h3-8,13,17,19H,9-12,14H2,1-2H3. The van der Waals surface area contributed by atoms with Crippen molar-refractivity contribution in [1.29, 1.82) is 0 Å². The number of morpholine rings is 1. The van der Waals surface area contributed by atoms with Gasteiger partial charge in [-0.05, 0) is 49.8 Å². The predicted molar refractivity (Wildman–Crippen MR) is 112 cm³/mol. The zero-order chi connectivity index (χ0) is 21.1. The summed E-state index contributed by atoms with van der Waals surface area (Å²) in [7, 11) is -3.64. The minimum atomic E-state index is -3.77. The van der Waals surface area contributed by atoms with Gasteiger partial charge in [0.25, 0.3) is 0 Å². The molecule has 1 saturated heterocycles. The maximum absolute atomic E-state index is 12.7. The second kappa shape index (κ2) is 9.21. The fraction of sp³-hybridized carbons (Fsp3) is 0.444.